The zero-order valence-electron chi connectivity index (χ0n) is 56.1. The van der Waals surface area contributed by atoms with E-state index in [0.29, 0.717) is 23.7 Å². The van der Waals surface area contributed by atoms with Crippen molar-refractivity contribution in [3.63, 3.8) is 0 Å². The van der Waals surface area contributed by atoms with Crippen LogP contribution < -0.4 is 0 Å². The number of hydrogen-bond donors (Lipinski definition) is 4. The summed E-state index contributed by atoms with van der Waals surface area (Å²) in [6.45, 7) is 12.5. The highest BCUT2D eigenvalue weighted by molar-refractivity contribution is 5.21. The van der Waals surface area contributed by atoms with Crippen molar-refractivity contribution in [1.29, 1.82) is 0 Å². The molecule has 10 saturated carbocycles. The number of fused-ring (bicyclic) bond motifs is 15. The van der Waals surface area contributed by atoms with Gasteiger partial charge in [0.05, 0.1) is 22.4 Å². The second-order valence-corrected chi connectivity index (χ2v) is 35.1. The molecule has 16 atom stereocenters. The summed E-state index contributed by atoms with van der Waals surface area (Å²) in [5, 5.41) is 42.7. The number of hydrogen-bond acceptors (Lipinski definition) is 4. The molecule has 0 amide bonds. The lowest BCUT2D eigenvalue weighted by Crippen LogP contribution is -2.43. The summed E-state index contributed by atoms with van der Waals surface area (Å²) in [6, 6.07) is 0. The van der Waals surface area contributed by atoms with E-state index >= 15 is 0 Å². The van der Waals surface area contributed by atoms with Gasteiger partial charge in [0.25, 0.3) is 0 Å². The van der Waals surface area contributed by atoms with E-state index in [4.69, 9.17) is 0 Å². The van der Waals surface area contributed by atoms with Crippen molar-refractivity contribution >= 4 is 0 Å². The summed E-state index contributed by atoms with van der Waals surface area (Å²) in [4.78, 5) is 0. The average Bonchev–Trinajstić information content (AvgIpc) is 1.62. The van der Waals surface area contributed by atoms with Crippen LogP contribution in [0.25, 0.3) is 0 Å². The van der Waals surface area contributed by atoms with Crippen molar-refractivity contribution in [3.05, 3.63) is 48.6 Å². The Hall–Kier alpha value is -1.20. The van der Waals surface area contributed by atoms with E-state index in [-0.39, 0.29) is 11.2 Å². The Bertz CT molecular complexity index is 2120. The van der Waals surface area contributed by atoms with Crippen LogP contribution in [0.5, 0.6) is 0 Å². The molecule has 0 radical (unpaired) electrons. The Morgan fingerprint density at radius 1 is 0.424 bits per heavy atom. The summed E-state index contributed by atoms with van der Waals surface area (Å²) in [6.07, 6.45) is 74.5. The van der Waals surface area contributed by atoms with Gasteiger partial charge in [-0.25, -0.2) is 0 Å². The van der Waals surface area contributed by atoms with Gasteiger partial charge in [0.2, 0.25) is 0 Å². The quantitative estimate of drug-likeness (QED) is 0.0417. The number of allylic oxidation sites excluding steroid dienone is 8. The highest BCUT2D eigenvalue weighted by atomic mass is 16.3. The normalized spacial score (nSPS) is 38.8. The predicted molar refractivity (Wildman–Crippen MR) is 356 cm³/mol. The van der Waals surface area contributed by atoms with Crippen LogP contribution in [0, 0.1) is 130 Å². The van der Waals surface area contributed by atoms with E-state index in [9.17, 15) is 20.4 Å². The van der Waals surface area contributed by atoms with Crippen LogP contribution in [0.2, 0.25) is 0 Å². The van der Waals surface area contributed by atoms with E-state index in [2.05, 4.69) is 76.3 Å². The Morgan fingerprint density at radius 2 is 0.918 bits per heavy atom. The molecule has 482 valence electrons. The summed E-state index contributed by atoms with van der Waals surface area (Å²) in [5.41, 5.74) is -1.50. The number of aliphatic hydroxyl groups is 4. The van der Waals surface area contributed by atoms with Gasteiger partial charge in [-0.15, -0.1) is 0 Å². The molecular weight excluding hydrogens is 1040 g/mol. The minimum absolute atomic E-state index is 0.269. The lowest BCUT2D eigenvalue weighted by atomic mass is 9.68. The Kier molecular flexibility index (Phi) is 22.4. The van der Waals surface area contributed by atoms with Gasteiger partial charge >= 0.3 is 0 Å². The zero-order chi connectivity index (χ0) is 59.3. The molecule has 14 aliphatic rings. The molecule has 0 aliphatic heterocycles. The summed E-state index contributed by atoms with van der Waals surface area (Å²) < 4.78 is 0. The smallest absolute Gasteiger partial charge is 0.0703 e. The molecule has 14 aliphatic carbocycles. The average molecular weight is 1170 g/mol. The predicted octanol–water partition coefficient (Wildman–Crippen LogP) is 21.0. The summed E-state index contributed by atoms with van der Waals surface area (Å²) in [7, 11) is 0. The van der Waals surface area contributed by atoms with E-state index in [0.717, 1.165) is 145 Å². The van der Waals surface area contributed by atoms with Gasteiger partial charge in [-0.05, 0) is 292 Å². The summed E-state index contributed by atoms with van der Waals surface area (Å²) >= 11 is 0. The topological polar surface area (TPSA) is 80.9 Å². The van der Waals surface area contributed by atoms with Crippen LogP contribution in [0.3, 0.4) is 0 Å². The van der Waals surface area contributed by atoms with E-state index in [1.165, 1.54) is 212 Å². The second kappa shape index (κ2) is 29.2. The maximum atomic E-state index is 11.6. The summed E-state index contributed by atoms with van der Waals surface area (Å²) in [5.74, 6) is 19.6. The molecule has 10 fully saturated rings. The van der Waals surface area contributed by atoms with Crippen molar-refractivity contribution in [2.24, 2.45) is 130 Å². The fraction of sp³-hybridized carbons (Fsp3) is 0.901. The third-order valence-electron chi connectivity index (χ3n) is 28.5. The fourth-order valence-electron chi connectivity index (χ4n) is 24.0. The van der Waals surface area contributed by atoms with Gasteiger partial charge < -0.3 is 20.4 Å². The minimum atomic E-state index is -0.466. The van der Waals surface area contributed by atoms with Crippen molar-refractivity contribution < 1.29 is 20.4 Å². The first kappa shape index (κ1) is 65.3. The molecule has 0 aromatic heterocycles. The molecule has 4 heteroatoms. The Balaban J connectivity index is 0.000000119. The molecule has 14 rings (SSSR count). The molecule has 10 bridgehead atoms. The molecule has 4 nitrogen and oxygen atoms in total. The highest BCUT2D eigenvalue weighted by Gasteiger charge is 2.60. The van der Waals surface area contributed by atoms with Crippen LogP contribution in [0.1, 0.15) is 305 Å². The van der Waals surface area contributed by atoms with Gasteiger partial charge in [-0.1, -0.05) is 192 Å². The van der Waals surface area contributed by atoms with Crippen molar-refractivity contribution in [3.8, 4) is 0 Å². The highest BCUT2D eigenvalue weighted by Crippen LogP contribution is 2.67. The first-order valence-corrected chi connectivity index (χ1v) is 38.6. The zero-order valence-corrected chi connectivity index (χ0v) is 56.1. The molecule has 85 heavy (non-hydrogen) atoms. The second-order valence-electron chi connectivity index (χ2n) is 35.1. The van der Waals surface area contributed by atoms with Gasteiger partial charge in [0.15, 0.2) is 0 Å². The van der Waals surface area contributed by atoms with Gasteiger partial charge in [0.1, 0.15) is 0 Å². The van der Waals surface area contributed by atoms with Crippen molar-refractivity contribution in [2.45, 2.75) is 327 Å². The number of unbranched alkanes of at least 4 members (excludes halogenated alkanes) is 6. The fourth-order valence-corrected chi connectivity index (χ4v) is 24.0. The van der Waals surface area contributed by atoms with Gasteiger partial charge in [-0.2, -0.15) is 0 Å². The van der Waals surface area contributed by atoms with E-state index in [1.54, 1.807) is 12.8 Å². The standard InChI is InChI=1S/C23H38O.C22H34O.C19H34O.C17H28O/c24-23(21-9-3-4-10-21,22-11-5-6-12-22)15-7-1-2-8-19-16-18-13-14-20(19)17-18;23-22(10-4-5-11-22)9-3-1-2-6-15-12-18-14-19(15)21-17-8-7-16(13-17)20(18)21;1-14(2)19(20,15(3)4)11-7-5-6-8-17-12-16-9-10-18(17)13-16;1-17(2,18)11-12-3-6-14(7-4-12)16-10-13-5-8-15(16)9-13/h13-14,18-22,24H,1-12,15-17H2;7-8,15-21,23H,1-6,9-14H2;9-10,14-18,20H,5-8,11-13H2,1-4H3;5,8,12-16,18H,3-4,6-7,9-11H2,1-2H3. The van der Waals surface area contributed by atoms with Crippen LogP contribution >= 0.6 is 0 Å². The van der Waals surface area contributed by atoms with E-state index < -0.39 is 11.2 Å². The Morgan fingerprint density at radius 3 is 1.41 bits per heavy atom. The van der Waals surface area contributed by atoms with E-state index in [1.807, 2.05) is 13.8 Å². The van der Waals surface area contributed by atoms with Crippen molar-refractivity contribution in [2.75, 3.05) is 0 Å². The lowest BCUT2D eigenvalue weighted by Gasteiger charge is -2.40. The molecule has 0 aromatic rings. The lowest BCUT2D eigenvalue weighted by molar-refractivity contribution is -0.0747. The molecule has 0 heterocycles. The number of rotatable bonds is 25. The molecular formula is C81H134O4. The molecule has 16 unspecified atom stereocenters. The third-order valence-corrected chi connectivity index (χ3v) is 28.5. The first-order chi connectivity index (χ1) is 40.9. The minimum Gasteiger partial charge on any atom is -0.390 e. The van der Waals surface area contributed by atoms with Crippen LogP contribution in [0.4, 0.5) is 0 Å². The monoisotopic (exact) mass is 1170 g/mol. The molecule has 0 saturated heterocycles. The maximum absolute atomic E-state index is 11.6. The SMILES string of the molecule is CC(C)(O)CC1CCC(C2CC3C=CC2C3)CC1.CC(C)C(O)(CCCCCC1CC2C=CC1C2)C(C)C.OC(CCCCCC1CC2C=CC1C2)(C1CCCC1)C1CCCC1.OC1(CCCCCC2CC3CC2C2C4C=CC(C4)C32)CCCC1. The van der Waals surface area contributed by atoms with Gasteiger partial charge in [0, 0.05) is 0 Å². The largest absolute Gasteiger partial charge is 0.390 e. The van der Waals surface area contributed by atoms with Crippen molar-refractivity contribution in [1.82, 2.24) is 0 Å². The molecule has 0 aromatic carbocycles. The van der Waals surface area contributed by atoms with Crippen LogP contribution in [-0.2, 0) is 0 Å². The first-order valence-electron chi connectivity index (χ1n) is 38.6. The van der Waals surface area contributed by atoms with Gasteiger partial charge in [-0.3, -0.25) is 0 Å². The van der Waals surface area contributed by atoms with Crippen LogP contribution in [0.15, 0.2) is 48.6 Å². The third kappa shape index (κ3) is 16.0. The Labute approximate surface area is 523 Å². The maximum Gasteiger partial charge on any atom is 0.0703 e. The molecule has 0 spiro atoms. The molecule has 4 N–H and O–H groups in total. The van der Waals surface area contributed by atoms with Crippen LogP contribution in [-0.4, -0.2) is 42.8 Å².